The number of amides is 1. The van der Waals surface area contributed by atoms with Crippen molar-refractivity contribution in [2.45, 2.75) is 37.4 Å². The highest BCUT2D eigenvalue weighted by Gasteiger charge is 2.46. The van der Waals surface area contributed by atoms with Crippen LogP contribution in [0.4, 0.5) is 11.5 Å². The fourth-order valence-electron chi connectivity index (χ4n) is 4.16. The van der Waals surface area contributed by atoms with Gasteiger partial charge in [-0.25, -0.2) is 10.4 Å². The van der Waals surface area contributed by atoms with Crippen molar-refractivity contribution in [2.24, 2.45) is 5.92 Å². The van der Waals surface area contributed by atoms with Crippen LogP contribution in [0.3, 0.4) is 0 Å². The molecule has 146 valence electrons. The van der Waals surface area contributed by atoms with Crippen molar-refractivity contribution in [1.29, 1.82) is 0 Å². The quantitative estimate of drug-likeness (QED) is 0.501. The van der Waals surface area contributed by atoms with E-state index >= 15 is 0 Å². The molecule has 1 aliphatic carbocycles. The first-order valence-corrected chi connectivity index (χ1v) is 9.36. The van der Waals surface area contributed by atoms with E-state index in [1.165, 1.54) is 0 Å². The van der Waals surface area contributed by atoms with Gasteiger partial charge in [-0.3, -0.25) is 20.3 Å². The fraction of sp³-hybridized carbons (Fsp3) is 0.647. The van der Waals surface area contributed by atoms with Crippen LogP contribution in [0, 0.1) is 16.0 Å². The number of carbonyl (C=O) groups is 1. The number of hydrogen-bond acceptors (Lipinski definition) is 8. The number of ether oxygens (including phenoxy) is 1. The molecule has 4 rings (SSSR count). The molecule has 10 nitrogen and oxygen atoms in total. The lowest BCUT2D eigenvalue weighted by molar-refractivity contribution is -0.528. The number of hydrogen-bond donors (Lipinski definition) is 3. The first kappa shape index (κ1) is 18.1. The highest BCUT2D eigenvalue weighted by atomic mass is 16.6. The summed E-state index contributed by atoms with van der Waals surface area (Å²) in [6.45, 7) is 3.05. The standard InChI is InChI=1S/C17H24N6O4/c24-17(16-13-9-11(23(25)26)1-3-14(13)20-21-16)19-15-4-2-12(10-18-15)22-5-7-27-8-6-22/h2,4,10-11,13-14,16,20-21H,1,3,5-9H2,(H,18,19,24). The molecule has 3 N–H and O–H groups in total. The molecule has 0 spiro atoms. The van der Waals surface area contributed by atoms with E-state index in [0.717, 1.165) is 18.8 Å². The monoisotopic (exact) mass is 376 g/mol. The van der Waals surface area contributed by atoms with Gasteiger partial charge in [-0.15, -0.1) is 0 Å². The number of nitrogens with one attached hydrogen (secondary N) is 3. The number of hydrazine groups is 1. The normalized spacial score (nSPS) is 30.6. The molecule has 1 amide bonds. The molecule has 0 bridgehead atoms. The molecule has 27 heavy (non-hydrogen) atoms. The number of nitrogens with zero attached hydrogens (tertiary/aromatic N) is 3. The van der Waals surface area contributed by atoms with E-state index < -0.39 is 12.1 Å². The molecule has 3 aliphatic rings. The van der Waals surface area contributed by atoms with Gasteiger partial charge in [-0.2, -0.15) is 0 Å². The summed E-state index contributed by atoms with van der Waals surface area (Å²) in [5.41, 5.74) is 7.12. The number of nitro groups is 1. The van der Waals surface area contributed by atoms with Crippen LogP contribution in [0.2, 0.25) is 0 Å². The second-order valence-corrected chi connectivity index (χ2v) is 7.28. The van der Waals surface area contributed by atoms with Crippen LogP contribution in [0.1, 0.15) is 19.3 Å². The fourth-order valence-corrected chi connectivity index (χ4v) is 4.16. The van der Waals surface area contributed by atoms with Crippen molar-refractivity contribution in [1.82, 2.24) is 15.8 Å². The molecule has 4 atom stereocenters. The summed E-state index contributed by atoms with van der Waals surface area (Å²) in [6, 6.07) is 2.73. The zero-order valence-electron chi connectivity index (χ0n) is 15.0. The van der Waals surface area contributed by atoms with E-state index in [0.29, 0.717) is 38.3 Å². The lowest BCUT2D eigenvalue weighted by Crippen LogP contribution is -2.44. The van der Waals surface area contributed by atoms with Crippen LogP contribution in [0.15, 0.2) is 18.3 Å². The number of rotatable bonds is 4. The third-order valence-corrected chi connectivity index (χ3v) is 5.68. The van der Waals surface area contributed by atoms with Gasteiger partial charge < -0.3 is 15.0 Å². The van der Waals surface area contributed by atoms with Crippen LogP contribution < -0.4 is 21.1 Å². The Labute approximate surface area is 156 Å². The van der Waals surface area contributed by atoms with E-state index in [9.17, 15) is 14.9 Å². The summed E-state index contributed by atoms with van der Waals surface area (Å²) in [5.74, 6) is 0.163. The second kappa shape index (κ2) is 7.75. The maximum absolute atomic E-state index is 12.7. The molecule has 0 radical (unpaired) electrons. The Morgan fingerprint density at radius 3 is 2.81 bits per heavy atom. The van der Waals surface area contributed by atoms with Crippen LogP contribution in [-0.4, -0.2) is 60.2 Å². The Morgan fingerprint density at radius 1 is 1.30 bits per heavy atom. The summed E-state index contributed by atoms with van der Waals surface area (Å²) < 4.78 is 5.35. The van der Waals surface area contributed by atoms with Gasteiger partial charge in [0.2, 0.25) is 11.9 Å². The predicted molar refractivity (Wildman–Crippen MR) is 97.9 cm³/mol. The first-order chi connectivity index (χ1) is 13.1. The van der Waals surface area contributed by atoms with Gasteiger partial charge in [-0.1, -0.05) is 0 Å². The third kappa shape index (κ3) is 3.87. The van der Waals surface area contributed by atoms with Crippen molar-refractivity contribution in [3.8, 4) is 0 Å². The third-order valence-electron chi connectivity index (χ3n) is 5.68. The molecule has 3 heterocycles. The lowest BCUT2D eigenvalue weighted by atomic mass is 9.79. The molecule has 4 unspecified atom stereocenters. The smallest absolute Gasteiger partial charge is 0.244 e. The van der Waals surface area contributed by atoms with Crippen LogP contribution in [0.25, 0.3) is 0 Å². The van der Waals surface area contributed by atoms with E-state index in [-0.39, 0.29) is 22.8 Å². The molecular formula is C17H24N6O4. The maximum Gasteiger partial charge on any atom is 0.244 e. The largest absolute Gasteiger partial charge is 0.378 e. The Bertz CT molecular complexity index is 693. The van der Waals surface area contributed by atoms with Gasteiger partial charge in [0.05, 0.1) is 25.1 Å². The van der Waals surface area contributed by atoms with Gasteiger partial charge in [0, 0.05) is 42.8 Å². The summed E-state index contributed by atoms with van der Waals surface area (Å²) in [7, 11) is 0. The molecule has 1 aromatic rings. The molecule has 3 fully saturated rings. The maximum atomic E-state index is 12.7. The molecular weight excluding hydrogens is 352 g/mol. The predicted octanol–water partition coefficient (Wildman–Crippen LogP) is 0.147. The number of morpholine rings is 1. The highest BCUT2D eigenvalue weighted by Crippen LogP contribution is 2.32. The van der Waals surface area contributed by atoms with E-state index in [1.54, 1.807) is 12.3 Å². The minimum atomic E-state index is -0.575. The van der Waals surface area contributed by atoms with Gasteiger partial charge in [0.25, 0.3) is 0 Å². The topological polar surface area (TPSA) is 122 Å². The summed E-state index contributed by atoms with van der Waals surface area (Å²) in [5, 5.41) is 13.9. The zero-order valence-corrected chi connectivity index (χ0v) is 15.0. The molecule has 10 heteroatoms. The number of pyridine rings is 1. The minimum absolute atomic E-state index is 0.0913. The summed E-state index contributed by atoms with van der Waals surface area (Å²) in [4.78, 5) is 30.1. The number of anilines is 2. The average molecular weight is 376 g/mol. The minimum Gasteiger partial charge on any atom is -0.378 e. The van der Waals surface area contributed by atoms with E-state index in [4.69, 9.17) is 4.74 Å². The van der Waals surface area contributed by atoms with Crippen molar-refractivity contribution >= 4 is 17.4 Å². The Morgan fingerprint density at radius 2 is 2.11 bits per heavy atom. The average Bonchev–Trinajstić information content (AvgIpc) is 3.12. The Hall–Kier alpha value is -2.30. The van der Waals surface area contributed by atoms with E-state index in [1.807, 2.05) is 6.07 Å². The van der Waals surface area contributed by atoms with Crippen molar-refractivity contribution in [3.63, 3.8) is 0 Å². The van der Waals surface area contributed by atoms with Gasteiger partial charge in [-0.05, 0) is 18.6 Å². The van der Waals surface area contributed by atoms with Gasteiger partial charge >= 0.3 is 0 Å². The van der Waals surface area contributed by atoms with Crippen molar-refractivity contribution in [3.05, 3.63) is 28.4 Å². The first-order valence-electron chi connectivity index (χ1n) is 9.36. The van der Waals surface area contributed by atoms with E-state index in [2.05, 4.69) is 26.1 Å². The Balaban J connectivity index is 1.37. The summed E-state index contributed by atoms with van der Waals surface area (Å²) in [6.07, 6.45) is 3.38. The van der Waals surface area contributed by atoms with Gasteiger partial charge in [0.1, 0.15) is 11.9 Å². The van der Waals surface area contributed by atoms with Crippen LogP contribution >= 0.6 is 0 Å². The van der Waals surface area contributed by atoms with Crippen LogP contribution in [0.5, 0.6) is 0 Å². The number of aromatic nitrogens is 1. The molecule has 0 aromatic carbocycles. The second-order valence-electron chi connectivity index (χ2n) is 7.28. The highest BCUT2D eigenvalue weighted by molar-refractivity contribution is 5.94. The van der Waals surface area contributed by atoms with Crippen LogP contribution in [-0.2, 0) is 9.53 Å². The SMILES string of the molecule is O=C(Nc1ccc(N2CCOCC2)cn1)C1NNC2CCC([N+](=O)[O-])CC21. The number of fused-ring (bicyclic) bond motifs is 1. The lowest BCUT2D eigenvalue weighted by Gasteiger charge is -2.29. The van der Waals surface area contributed by atoms with Crippen molar-refractivity contribution < 1.29 is 14.5 Å². The summed E-state index contributed by atoms with van der Waals surface area (Å²) >= 11 is 0. The molecule has 1 aromatic heterocycles. The van der Waals surface area contributed by atoms with Gasteiger partial charge in [0.15, 0.2) is 0 Å². The molecule has 2 aliphatic heterocycles. The molecule has 2 saturated heterocycles. The van der Waals surface area contributed by atoms with Crippen molar-refractivity contribution in [2.75, 3.05) is 36.5 Å². The molecule has 1 saturated carbocycles. The number of carbonyl (C=O) groups excluding carboxylic acids is 1. The zero-order chi connectivity index (χ0) is 18.8. The Kier molecular flexibility index (Phi) is 5.19.